The summed E-state index contributed by atoms with van der Waals surface area (Å²) in [5.74, 6) is 1.83. The van der Waals surface area contributed by atoms with Crippen LogP contribution in [0.25, 0.3) is 22.1 Å². The molecule has 1 fully saturated rings. The third-order valence-electron chi connectivity index (χ3n) is 4.27. The summed E-state index contributed by atoms with van der Waals surface area (Å²) in [4.78, 5) is 5.39. The summed E-state index contributed by atoms with van der Waals surface area (Å²) in [6.45, 7) is 0. The van der Waals surface area contributed by atoms with E-state index in [9.17, 15) is 4.39 Å². The van der Waals surface area contributed by atoms with Crippen molar-refractivity contribution in [3.63, 3.8) is 0 Å². The van der Waals surface area contributed by atoms with Crippen molar-refractivity contribution in [3.05, 3.63) is 51.9 Å². The molecule has 0 radical (unpaired) electrons. The molecule has 0 unspecified atom stereocenters. The van der Waals surface area contributed by atoms with Crippen molar-refractivity contribution in [1.82, 2.24) is 24.9 Å². The predicted molar refractivity (Wildman–Crippen MR) is 109 cm³/mol. The fourth-order valence-electron chi connectivity index (χ4n) is 2.83. The lowest BCUT2D eigenvalue weighted by atomic mass is 10.2. The Kier molecular flexibility index (Phi) is 4.77. The summed E-state index contributed by atoms with van der Waals surface area (Å²) in [5, 5.41) is 15.3. The molecule has 10 heteroatoms. The van der Waals surface area contributed by atoms with Gasteiger partial charge in [0.25, 0.3) is 0 Å². The maximum atomic E-state index is 14.2. The summed E-state index contributed by atoms with van der Waals surface area (Å²) >= 11 is 6.44. The molecule has 28 heavy (non-hydrogen) atoms. The summed E-state index contributed by atoms with van der Waals surface area (Å²) in [6.07, 6.45) is 2.09. The van der Waals surface area contributed by atoms with Gasteiger partial charge in [-0.3, -0.25) is 4.57 Å². The molecular formula is C18H13BrFN5OS2. The monoisotopic (exact) mass is 477 g/mol. The van der Waals surface area contributed by atoms with E-state index >= 15 is 0 Å². The van der Waals surface area contributed by atoms with Crippen LogP contribution < -0.4 is 0 Å². The van der Waals surface area contributed by atoms with Crippen LogP contribution in [-0.2, 0) is 5.75 Å². The molecule has 0 amide bonds. The molecule has 5 rings (SSSR count). The summed E-state index contributed by atoms with van der Waals surface area (Å²) in [7, 11) is 0. The van der Waals surface area contributed by atoms with Gasteiger partial charge in [-0.2, -0.15) is 4.98 Å². The Morgan fingerprint density at radius 1 is 1.29 bits per heavy atom. The minimum absolute atomic E-state index is 0.294. The minimum atomic E-state index is -0.294. The third-order valence-corrected chi connectivity index (χ3v) is 6.89. The van der Waals surface area contributed by atoms with E-state index in [2.05, 4.69) is 36.3 Å². The molecule has 0 bridgehead atoms. The second-order valence-corrected chi connectivity index (χ2v) is 9.09. The molecule has 0 atom stereocenters. The predicted octanol–water partition coefficient (Wildman–Crippen LogP) is 5.59. The summed E-state index contributed by atoms with van der Waals surface area (Å²) in [6, 6.07) is 8.92. The van der Waals surface area contributed by atoms with E-state index in [0.29, 0.717) is 34.9 Å². The number of benzene rings is 1. The van der Waals surface area contributed by atoms with Crippen LogP contribution in [0.1, 0.15) is 24.8 Å². The first-order chi connectivity index (χ1) is 13.7. The maximum Gasteiger partial charge on any atom is 0.237 e. The lowest BCUT2D eigenvalue weighted by Crippen LogP contribution is -2.01. The van der Waals surface area contributed by atoms with Crippen LogP contribution in [0.5, 0.6) is 0 Å². The first-order valence-electron chi connectivity index (χ1n) is 8.58. The Bertz CT molecular complexity index is 1140. The standard InChI is InChI=1S/C18H13BrFN5OS2/c19-10-7-14(27-8-10)16-21-15(26-24-16)9-28-18-23-22-17(25(18)11-5-6-11)12-3-1-2-4-13(12)20/h1-4,7-8,11H,5-6,9H2. The molecule has 6 nitrogen and oxygen atoms in total. The average molecular weight is 478 g/mol. The van der Waals surface area contributed by atoms with Crippen LogP contribution in [0.3, 0.4) is 0 Å². The van der Waals surface area contributed by atoms with Gasteiger partial charge in [0, 0.05) is 15.9 Å². The number of hydrogen-bond acceptors (Lipinski definition) is 7. The van der Waals surface area contributed by atoms with Gasteiger partial charge in [0.1, 0.15) is 5.82 Å². The molecule has 0 spiro atoms. The molecule has 0 saturated heterocycles. The van der Waals surface area contributed by atoms with Crippen molar-refractivity contribution >= 4 is 39.0 Å². The van der Waals surface area contributed by atoms with Crippen molar-refractivity contribution in [2.75, 3.05) is 0 Å². The highest BCUT2D eigenvalue weighted by atomic mass is 79.9. The van der Waals surface area contributed by atoms with E-state index < -0.39 is 0 Å². The second kappa shape index (κ2) is 7.41. The van der Waals surface area contributed by atoms with E-state index in [1.54, 1.807) is 29.5 Å². The number of aromatic nitrogens is 5. The first-order valence-corrected chi connectivity index (χ1v) is 11.2. The van der Waals surface area contributed by atoms with E-state index in [4.69, 9.17) is 4.52 Å². The van der Waals surface area contributed by atoms with Crippen LogP contribution in [0.4, 0.5) is 4.39 Å². The smallest absolute Gasteiger partial charge is 0.237 e. The van der Waals surface area contributed by atoms with Gasteiger partial charge < -0.3 is 4.52 Å². The van der Waals surface area contributed by atoms with Crippen molar-refractivity contribution < 1.29 is 8.91 Å². The molecule has 142 valence electrons. The normalized spacial score (nSPS) is 13.9. The van der Waals surface area contributed by atoms with E-state index in [1.807, 2.05) is 16.0 Å². The van der Waals surface area contributed by atoms with Gasteiger partial charge in [0.2, 0.25) is 11.7 Å². The number of nitrogens with zero attached hydrogens (tertiary/aromatic N) is 5. The Balaban J connectivity index is 1.38. The molecule has 1 aliphatic carbocycles. The van der Waals surface area contributed by atoms with Crippen molar-refractivity contribution in [3.8, 4) is 22.1 Å². The number of thioether (sulfide) groups is 1. The number of rotatable bonds is 6. The second-order valence-electron chi connectivity index (χ2n) is 6.32. The zero-order chi connectivity index (χ0) is 19.1. The van der Waals surface area contributed by atoms with Crippen LogP contribution in [0.15, 0.2) is 49.9 Å². The highest BCUT2D eigenvalue weighted by Gasteiger charge is 2.31. The number of halogens is 2. The molecule has 0 aliphatic heterocycles. The molecule has 1 aromatic carbocycles. The lowest BCUT2D eigenvalue weighted by molar-refractivity contribution is 0.391. The van der Waals surface area contributed by atoms with Gasteiger partial charge in [0.15, 0.2) is 11.0 Å². The SMILES string of the molecule is Fc1ccccc1-c1nnc(SCc2nc(-c3cc(Br)cs3)no2)n1C1CC1. The Morgan fingerprint density at radius 3 is 2.89 bits per heavy atom. The van der Waals surface area contributed by atoms with E-state index in [0.717, 1.165) is 27.3 Å². The highest BCUT2D eigenvalue weighted by molar-refractivity contribution is 9.10. The minimum Gasteiger partial charge on any atom is -0.338 e. The van der Waals surface area contributed by atoms with E-state index in [-0.39, 0.29) is 5.82 Å². The van der Waals surface area contributed by atoms with Gasteiger partial charge in [0.05, 0.1) is 16.2 Å². The largest absolute Gasteiger partial charge is 0.338 e. The number of hydrogen-bond donors (Lipinski definition) is 0. The van der Waals surface area contributed by atoms with Crippen LogP contribution in [0, 0.1) is 5.82 Å². The molecule has 1 saturated carbocycles. The van der Waals surface area contributed by atoms with Crippen LogP contribution >= 0.6 is 39.0 Å². The first kappa shape index (κ1) is 18.0. The fraction of sp³-hybridized carbons (Fsp3) is 0.222. The molecule has 0 N–H and O–H groups in total. The van der Waals surface area contributed by atoms with Crippen molar-refractivity contribution in [2.45, 2.75) is 29.8 Å². The van der Waals surface area contributed by atoms with Gasteiger partial charge in [-0.05, 0) is 47.0 Å². The zero-order valence-electron chi connectivity index (χ0n) is 14.4. The van der Waals surface area contributed by atoms with Crippen LogP contribution in [-0.4, -0.2) is 24.9 Å². The average Bonchev–Trinajstić information content (AvgIpc) is 3.08. The molecule has 3 heterocycles. The molecule has 1 aliphatic rings. The zero-order valence-corrected chi connectivity index (χ0v) is 17.6. The van der Waals surface area contributed by atoms with Gasteiger partial charge in [-0.1, -0.05) is 29.1 Å². The van der Waals surface area contributed by atoms with Crippen molar-refractivity contribution in [2.24, 2.45) is 0 Å². The Labute approximate surface area is 176 Å². The topological polar surface area (TPSA) is 69.6 Å². The van der Waals surface area contributed by atoms with Gasteiger partial charge >= 0.3 is 0 Å². The van der Waals surface area contributed by atoms with Crippen LogP contribution in [0.2, 0.25) is 0 Å². The fourth-order valence-corrected chi connectivity index (χ4v) is 5.03. The molecule has 4 aromatic rings. The summed E-state index contributed by atoms with van der Waals surface area (Å²) < 4.78 is 22.6. The van der Waals surface area contributed by atoms with E-state index in [1.165, 1.54) is 17.8 Å². The Morgan fingerprint density at radius 2 is 2.14 bits per heavy atom. The lowest BCUT2D eigenvalue weighted by Gasteiger charge is -2.08. The maximum absolute atomic E-state index is 14.2. The number of thiophene rings is 1. The Hall–Kier alpha value is -2.04. The quantitative estimate of drug-likeness (QED) is 0.337. The van der Waals surface area contributed by atoms with Gasteiger partial charge in [-0.15, -0.1) is 21.5 Å². The highest BCUT2D eigenvalue weighted by Crippen LogP contribution is 2.41. The molecular weight excluding hydrogens is 465 g/mol. The molecule has 3 aromatic heterocycles. The van der Waals surface area contributed by atoms with Crippen molar-refractivity contribution in [1.29, 1.82) is 0 Å². The van der Waals surface area contributed by atoms with Gasteiger partial charge in [-0.25, -0.2) is 4.39 Å². The third kappa shape index (κ3) is 3.51. The summed E-state index contributed by atoms with van der Waals surface area (Å²) in [5.41, 5.74) is 0.470.